The smallest absolute Gasteiger partial charge is 0.305 e. The molecule has 3 atom stereocenters. The molecule has 1 aliphatic rings. The molecule has 0 unspecified atom stereocenters. The van der Waals surface area contributed by atoms with Gasteiger partial charge in [-0.2, -0.15) is 0 Å². The number of esters is 1. The zero-order chi connectivity index (χ0) is 21.2. The zero-order valence-electron chi connectivity index (χ0n) is 17.7. The third-order valence-electron chi connectivity index (χ3n) is 5.98. The van der Waals surface area contributed by atoms with Crippen LogP contribution in [-0.4, -0.2) is 30.9 Å². The van der Waals surface area contributed by atoms with Gasteiger partial charge in [-0.15, -0.1) is 0 Å². The van der Waals surface area contributed by atoms with Crippen molar-refractivity contribution in [2.24, 2.45) is 11.8 Å². The highest BCUT2D eigenvalue weighted by molar-refractivity contribution is 5.69. The van der Waals surface area contributed by atoms with Gasteiger partial charge in [0.25, 0.3) is 0 Å². The van der Waals surface area contributed by atoms with Crippen LogP contribution in [0.4, 0.5) is 0 Å². The van der Waals surface area contributed by atoms with E-state index in [4.69, 9.17) is 4.74 Å². The van der Waals surface area contributed by atoms with Gasteiger partial charge in [0.1, 0.15) is 0 Å². The number of methoxy groups -OCH3 is 1. The number of carbonyl (C=O) groups excluding carboxylic acids is 1. The minimum absolute atomic E-state index is 0.154. The van der Waals surface area contributed by atoms with E-state index in [1.165, 1.54) is 18.2 Å². The maximum absolute atomic E-state index is 11.2. The van der Waals surface area contributed by atoms with Crippen molar-refractivity contribution in [1.82, 2.24) is 0 Å². The molecule has 2 aromatic carbocycles. The van der Waals surface area contributed by atoms with Gasteiger partial charge < -0.3 is 14.6 Å². The molecule has 4 nitrogen and oxygen atoms in total. The summed E-state index contributed by atoms with van der Waals surface area (Å²) in [6.07, 6.45) is 8.23. The third-order valence-corrected chi connectivity index (χ3v) is 5.98. The molecule has 160 valence electrons. The van der Waals surface area contributed by atoms with E-state index in [0.717, 1.165) is 24.8 Å². The van der Waals surface area contributed by atoms with E-state index in [-0.39, 0.29) is 24.6 Å². The van der Waals surface area contributed by atoms with Crippen LogP contribution in [0.5, 0.6) is 0 Å². The second kappa shape index (κ2) is 11.7. The summed E-state index contributed by atoms with van der Waals surface area (Å²) in [6.45, 7) is 0.784. The van der Waals surface area contributed by atoms with E-state index in [1.807, 2.05) is 24.3 Å². The number of carbonyl (C=O) groups is 1. The topological polar surface area (TPSA) is 55.8 Å². The van der Waals surface area contributed by atoms with Crippen molar-refractivity contribution in [3.63, 3.8) is 0 Å². The number of aliphatic hydroxyl groups is 1. The Morgan fingerprint density at radius 3 is 2.47 bits per heavy atom. The van der Waals surface area contributed by atoms with Gasteiger partial charge in [0.05, 0.1) is 19.8 Å². The lowest BCUT2D eigenvalue weighted by molar-refractivity contribution is -0.140. The predicted octanol–water partition coefficient (Wildman–Crippen LogP) is 5.16. The van der Waals surface area contributed by atoms with Crippen LogP contribution in [-0.2, 0) is 20.9 Å². The molecule has 0 aliphatic heterocycles. The highest BCUT2D eigenvalue weighted by atomic mass is 16.5. The molecule has 0 aromatic heterocycles. The number of ether oxygens (including phenoxy) is 2. The number of hydrogen-bond donors (Lipinski definition) is 1. The second-order valence-corrected chi connectivity index (χ2v) is 7.92. The number of allylic oxidation sites excluding steroid dienone is 2. The van der Waals surface area contributed by atoms with Gasteiger partial charge in [0.2, 0.25) is 0 Å². The summed E-state index contributed by atoms with van der Waals surface area (Å²) in [5.74, 6) is 0.405. The Bertz CT molecular complexity index is 798. The van der Waals surface area contributed by atoms with Gasteiger partial charge in [0, 0.05) is 13.0 Å². The Labute approximate surface area is 179 Å². The lowest BCUT2D eigenvalue weighted by Crippen LogP contribution is -2.23. The fourth-order valence-corrected chi connectivity index (χ4v) is 4.19. The van der Waals surface area contributed by atoms with Crippen LogP contribution >= 0.6 is 0 Å². The molecule has 0 amide bonds. The average Bonchev–Trinajstić information content (AvgIpc) is 3.20. The van der Waals surface area contributed by atoms with E-state index in [0.29, 0.717) is 25.4 Å². The monoisotopic (exact) mass is 408 g/mol. The van der Waals surface area contributed by atoms with E-state index in [1.54, 1.807) is 0 Å². The molecule has 1 saturated carbocycles. The normalized spacial score (nSPS) is 21.2. The quantitative estimate of drug-likeness (QED) is 0.436. The summed E-state index contributed by atoms with van der Waals surface area (Å²) in [7, 11) is 1.41. The maximum Gasteiger partial charge on any atom is 0.305 e. The zero-order valence-corrected chi connectivity index (χ0v) is 17.7. The predicted molar refractivity (Wildman–Crippen MR) is 119 cm³/mol. The lowest BCUT2D eigenvalue weighted by Gasteiger charge is -2.23. The van der Waals surface area contributed by atoms with Crippen LogP contribution in [0.2, 0.25) is 0 Å². The molecule has 0 heterocycles. The van der Waals surface area contributed by atoms with Gasteiger partial charge in [0.15, 0.2) is 0 Å². The first-order chi connectivity index (χ1) is 14.7. The largest absolute Gasteiger partial charge is 0.469 e. The standard InChI is InChI=1S/C26H32O4/c1-29-26(28)11-7-3-6-10-24-23(18-27)16-17-25(24)30-19-20-12-14-22(15-13-20)21-8-4-2-5-9-21/h2-6,8-9,12-15,23-25,27H,7,10-11,16-19H2,1H3/b6-3-/t23-,24-,25+/m1/s1. The van der Waals surface area contributed by atoms with Crippen molar-refractivity contribution in [3.05, 3.63) is 72.3 Å². The summed E-state index contributed by atoms with van der Waals surface area (Å²) in [5, 5.41) is 9.74. The van der Waals surface area contributed by atoms with Crippen LogP contribution in [0.3, 0.4) is 0 Å². The Morgan fingerprint density at radius 1 is 1.03 bits per heavy atom. The molecule has 1 N–H and O–H groups in total. The van der Waals surface area contributed by atoms with Gasteiger partial charge in [-0.05, 0) is 54.2 Å². The molecule has 1 aliphatic carbocycles. The lowest BCUT2D eigenvalue weighted by atomic mass is 9.92. The molecule has 1 fully saturated rings. The summed E-state index contributed by atoms with van der Waals surface area (Å²) < 4.78 is 10.9. The molecule has 0 saturated heterocycles. The fraction of sp³-hybridized carbons (Fsp3) is 0.423. The second-order valence-electron chi connectivity index (χ2n) is 7.92. The minimum atomic E-state index is -0.187. The van der Waals surface area contributed by atoms with E-state index in [9.17, 15) is 9.90 Å². The van der Waals surface area contributed by atoms with Crippen LogP contribution in [0.15, 0.2) is 66.7 Å². The first-order valence-corrected chi connectivity index (χ1v) is 10.8. The first kappa shape index (κ1) is 22.3. The summed E-state index contributed by atoms with van der Waals surface area (Å²) in [5.41, 5.74) is 3.58. The highest BCUT2D eigenvalue weighted by Crippen LogP contribution is 2.37. The van der Waals surface area contributed by atoms with Crippen molar-refractivity contribution < 1.29 is 19.4 Å². The number of hydrogen-bond acceptors (Lipinski definition) is 4. The Kier molecular flexibility index (Phi) is 8.66. The molecular weight excluding hydrogens is 376 g/mol. The fourth-order valence-electron chi connectivity index (χ4n) is 4.19. The van der Waals surface area contributed by atoms with Crippen molar-refractivity contribution in [2.75, 3.05) is 13.7 Å². The van der Waals surface area contributed by atoms with Crippen molar-refractivity contribution in [1.29, 1.82) is 0 Å². The van der Waals surface area contributed by atoms with E-state index < -0.39 is 0 Å². The molecule has 0 bridgehead atoms. The van der Waals surface area contributed by atoms with Crippen LogP contribution in [0.1, 0.15) is 37.7 Å². The van der Waals surface area contributed by atoms with E-state index in [2.05, 4.69) is 47.2 Å². The molecular formula is C26H32O4. The molecule has 30 heavy (non-hydrogen) atoms. The van der Waals surface area contributed by atoms with Gasteiger partial charge in [-0.25, -0.2) is 0 Å². The van der Waals surface area contributed by atoms with E-state index >= 15 is 0 Å². The molecule has 4 heteroatoms. The summed E-state index contributed by atoms with van der Waals surface area (Å²) >= 11 is 0. The highest BCUT2D eigenvalue weighted by Gasteiger charge is 2.35. The average molecular weight is 409 g/mol. The van der Waals surface area contributed by atoms with Crippen molar-refractivity contribution in [3.8, 4) is 11.1 Å². The third kappa shape index (κ3) is 6.28. The minimum Gasteiger partial charge on any atom is -0.469 e. The van der Waals surface area contributed by atoms with Gasteiger partial charge in [-0.1, -0.05) is 66.7 Å². The maximum atomic E-state index is 11.2. The van der Waals surface area contributed by atoms with Crippen molar-refractivity contribution in [2.45, 2.75) is 44.8 Å². The Hall–Kier alpha value is -2.43. The van der Waals surface area contributed by atoms with Crippen LogP contribution in [0.25, 0.3) is 11.1 Å². The SMILES string of the molecule is COC(=O)CC/C=C\C[C@@H]1[C@@H](CO)CC[C@@H]1OCc1ccc(-c2ccccc2)cc1. The van der Waals surface area contributed by atoms with Gasteiger partial charge >= 0.3 is 5.97 Å². The Balaban J connectivity index is 1.51. The van der Waals surface area contributed by atoms with Crippen LogP contribution in [0, 0.1) is 11.8 Å². The molecule has 0 spiro atoms. The molecule has 0 radical (unpaired) electrons. The number of rotatable bonds is 10. The molecule has 2 aromatic rings. The number of aliphatic hydroxyl groups excluding tert-OH is 1. The van der Waals surface area contributed by atoms with Crippen molar-refractivity contribution >= 4 is 5.97 Å². The summed E-state index contributed by atoms with van der Waals surface area (Å²) in [4.78, 5) is 11.2. The number of benzene rings is 2. The van der Waals surface area contributed by atoms with Gasteiger partial charge in [-0.3, -0.25) is 4.79 Å². The summed E-state index contributed by atoms with van der Waals surface area (Å²) in [6, 6.07) is 18.9. The molecule has 3 rings (SSSR count). The van der Waals surface area contributed by atoms with Crippen LogP contribution < -0.4 is 0 Å². The Morgan fingerprint density at radius 2 is 1.77 bits per heavy atom. The first-order valence-electron chi connectivity index (χ1n) is 10.8.